The van der Waals surface area contributed by atoms with E-state index in [1.807, 2.05) is 6.92 Å². The van der Waals surface area contributed by atoms with Gasteiger partial charge in [-0.1, -0.05) is 13.8 Å². The second kappa shape index (κ2) is 7.45. The predicted molar refractivity (Wildman–Crippen MR) is 61.6 cm³/mol. The van der Waals surface area contributed by atoms with Crippen molar-refractivity contribution in [2.24, 2.45) is 5.92 Å². The molecular formula is C9H19ClO5S. The Labute approximate surface area is 102 Å². The SMILES string of the molecule is CCC(C)C(O)OCS(=O)(=O)OC(C)CCl. The summed E-state index contributed by atoms with van der Waals surface area (Å²) in [6.07, 6.45) is -1.01. The van der Waals surface area contributed by atoms with Gasteiger partial charge in [0.15, 0.2) is 12.2 Å². The molecule has 0 spiro atoms. The maximum absolute atomic E-state index is 11.3. The fourth-order valence-electron chi connectivity index (χ4n) is 0.823. The third kappa shape index (κ3) is 6.65. The Hall–Kier alpha value is 0.120. The van der Waals surface area contributed by atoms with E-state index in [-0.39, 0.29) is 11.8 Å². The van der Waals surface area contributed by atoms with Crippen LogP contribution in [-0.2, 0) is 19.0 Å². The number of aliphatic hydroxyl groups excluding tert-OH is 1. The minimum Gasteiger partial charge on any atom is -0.368 e. The van der Waals surface area contributed by atoms with Gasteiger partial charge in [0.25, 0.3) is 10.1 Å². The van der Waals surface area contributed by atoms with Gasteiger partial charge in [0, 0.05) is 11.8 Å². The molecule has 98 valence electrons. The number of alkyl halides is 1. The molecule has 5 nitrogen and oxygen atoms in total. The molecule has 0 heterocycles. The molecule has 0 aliphatic carbocycles. The monoisotopic (exact) mass is 274 g/mol. The molecular weight excluding hydrogens is 256 g/mol. The van der Waals surface area contributed by atoms with Crippen molar-refractivity contribution in [1.82, 2.24) is 0 Å². The van der Waals surface area contributed by atoms with E-state index in [4.69, 9.17) is 16.3 Å². The van der Waals surface area contributed by atoms with Gasteiger partial charge in [-0.3, -0.25) is 4.18 Å². The van der Waals surface area contributed by atoms with Gasteiger partial charge < -0.3 is 9.84 Å². The number of halogens is 1. The molecule has 0 rings (SSSR count). The maximum Gasteiger partial charge on any atom is 0.292 e. The van der Waals surface area contributed by atoms with Gasteiger partial charge in [-0.15, -0.1) is 11.6 Å². The Morgan fingerprint density at radius 3 is 2.38 bits per heavy atom. The summed E-state index contributed by atoms with van der Waals surface area (Å²) in [5.41, 5.74) is 0. The van der Waals surface area contributed by atoms with Crippen LogP contribution < -0.4 is 0 Å². The minimum absolute atomic E-state index is 0.0765. The number of hydrogen-bond acceptors (Lipinski definition) is 5. The molecule has 1 N–H and O–H groups in total. The first-order valence-electron chi connectivity index (χ1n) is 5.09. The van der Waals surface area contributed by atoms with Crippen LogP contribution in [0.25, 0.3) is 0 Å². The molecule has 16 heavy (non-hydrogen) atoms. The van der Waals surface area contributed by atoms with Crippen molar-refractivity contribution < 1.29 is 22.4 Å². The zero-order valence-corrected chi connectivity index (χ0v) is 11.3. The van der Waals surface area contributed by atoms with Gasteiger partial charge in [0.1, 0.15) is 0 Å². The lowest BCUT2D eigenvalue weighted by atomic mass is 10.1. The maximum atomic E-state index is 11.3. The first kappa shape index (κ1) is 16.1. The molecule has 0 aromatic carbocycles. The lowest BCUT2D eigenvalue weighted by molar-refractivity contribution is -0.117. The summed E-state index contributed by atoms with van der Waals surface area (Å²) in [6.45, 7) is 5.17. The van der Waals surface area contributed by atoms with E-state index >= 15 is 0 Å². The van der Waals surface area contributed by atoms with Gasteiger partial charge in [-0.05, 0) is 13.3 Å². The molecule has 0 amide bonds. The molecule has 0 aliphatic heterocycles. The van der Waals surface area contributed by atoms with Gasteiger partial charge in [0.2, 0.25) is 0 Å². The summed E-state index contributed by atoms with van der Waals surface area (Å²) in [6, 6.07) is 0. The predicted octanol–water partition coefficient (Wildman–Crippen LogP) is 1.30. The molecule has 0 bridgehead atoms. The second-order valence-corrected chi connectivity index (χ2v) is 5.53. The Bertz CT molecular complexity index is 280. The van der Waals surface area contributed by atoms with Crippen LogP contribution in [0.4, 0.5) is 0 Å². The molecule has 7 heteroatoms. The van der Waals surface area contributed by atoms with Crippen molar-refractivity contribution in [3.63, 3.8) is 0 Å². The molecule has 0 radical (unpaired) electrons. The summed E-state index contributed by atoms with van der Waals surface area (Å²) in [5.74, 6) is -0.715. The van der Waals surface area contributed by atoms with E-state index in [1.54, 1.807) is 6.92 Å². The van der Waals surface area contributed by atoms with Crippen LogP contribution in [0.3, 0.4) is 0 Å². The summed E-state index contributed by atoms with van der Waals surface area (Å²) in [4.78, 5) is 0. The number of aliphatic hydroxyl groups is 1. The highest BCUT2D eigenvalue weighted by Crippen LogP contribution is 2.10. The van der Waals surface area contributed by atoms with Crippen molar-refractivity contribution in [2.45, 2.75) is 39.6 Å². The highest BCUT2D eigenvalue weighted by atomic mass is 35.5. The van der Waals surface area contributed by atoms with Crippen LogP contribution in [0.2, 0.25) is 0 Å². The number of hydrogen-bond donors (Lipinski definition) is 1. The Morgan fingerprint density at radius 2 is 1.94 bits per heavy atom. The van der Waals surface area contributed by atoms with E-state index in [0.29, 0.717) is 6.42 Å². The van der Waals surface area contributed by atoms with Crippen molar-refractivity contribution in [1.29, 1.82) is 0 Å². The van der Waals surface area contributed by atoms with Gasteiger partial charge in [0.05, 0.1) is 6.10 Å². The van der Waals surface area contributed by atoms with Crippen molar-refractivity contribution in [3.8, 4) is 0 Å². The first-order chi connectivity index (χ1) is 7.32. The third-order valence-corrected chi connectivity index (χ3v) is 3.52. The standard InChI is InChI=1S/C9H19ClO5S/c1-4-7(2)9(11)14-6-16(12,13)15-8(3)5-10/h7-9,11H,4-6H2,1-3H3. The normalized spacial score (nSPS) is 18.1. The molecule has 0 saturated heterocycles. The highest BCUT2D eigenvalue weighted by molar-refractivity contribution is 7.86. The quantitative estimate of drug-likeness (QED) is 0.410. The van der Waals surface area contributed by atoms with Crippen LogP contribution in [0, 0.1) is 5.92 Å². The molecule has 0 aromatic rings. The number of ether oxygens (including phenoxy) is 1. The lowest BCUT2D eigenvalue weighted by Gasteiger charge is -2.18. The van der Waals surface area contributed by atoms with Gasteiger partial charge >= 0.3 is 0 Å². The molecule has 0 saturated carbocycles. The topological polar surface area (TPSA) is 72.8 Å². The average molecular weight is 275 g/mol. The highest BCUT2D eigenvalue weighted by Gasteiger charge is 2.20. The minimum atomic E-state index is -3.80. The van der Waals surface area contributed by atoms with E-state index in [0.717, 1.165) is 0 Å². The Morgan fingerprint density at radius 1 is 1.38 bits per heavy atom. The van der Waals surface area contributed by atoms with E-state index < -0.39 is 28.5 Å². The first-order valence-corrected chi connectivity index (χ1v) is 7.20. The van der Waals surface area contributed by atoms with E-state index in [1.165, 1.54) is 6.92 Å². The average Bonchev–Trinajstić information content (AvgIpc) is 2.24. The summed E-state index contributed by atoms with van der Waals surface area (Å²) in [7, 11) is -3.80. The lowest BCUT2D eigenvalue weighted by Crippen LogP contribution is -2.27. The fraction of sp³-hybridized carbons (Fsp3) is 1.00. The zero-order valence-electron chi connectivity index (χ0n) is 9.72. The van der Waals surface area contributed by atoms with Crippen molar-refractivity contribution >= 4 is 21.7 Å². The Balaban J connectivity index is 4.09. The Kier molecular flexibility index (Phi) is 7.50. The van der Waals surface area contributed by atoms with Crippen LogP contribution >= 0.6 is 11.6 Å². The van der Waals surface area contributed by atoms with Crippen LogP contribution in [0.1, 0.15) is 27.2 Å². The molecule has 0 aliphatic rings. The smallest absolute Gasteiger partial charge is 0.292 e. The van der Waals surface area contributed by atoms with Crippen molar-refractivity contribution in [2.75, 3.05) is 11.8 Å². The van der Waals surface area contributed by atoms with Gasteiger partial charge in [-0.2, -0.15) is 8.42 Å². The fourth-order valence-corrected chi connectivity index (χ4v) is 1.89. The summed E-state index contributed by atoms with van der Waals surface area (Å²) >= 11 is 5.41. The summed E-state index contributed by atoms with van der Waals surface area (Å²) in [5, 5.41) is 9.40. The van der Waals surface area contributed by atoms with E-state index in [2.05, 4.69) is 4.18 Å². The zero-order chi connectivity index (χ0) is 12.8. The van der Waals surface area contributed by atoms with Crippen LogP contribution in [0.15, 0.2) is 0 Å². The van der Waals surface area contributed by atoms with Crippen LogP contribution in [-0.4, -0.2) is 37.7 Å². The molecule has 0 fully saturated rings. The third-order valence-electron chi connectivity index (χ3n) is 2.04. The van der Waals surface area contributed by atoms with E-state index in [9.17, 15) is 13.5 Å². The molecule has 3 unspecified atom stereocenters. The second-order valence-electron chi connectivity index (χ2n) is 3.68. The largest absolute Gasteiger partial charge is 0.368 e. The van der Waals surface area contributed by atoms with Crippen molar-refractivity contribution in [3.05, 3.63) is 0 Å². The molecule has 3 atom stereocenters. The van der Waals surface area contributed by atoms with Crippen LogP contribution in [0.5, 0.6) is 0 Å². The van der Waals surface area contributed by atoms with Gasteiger partial charge in [-0.25, -0.2) is 0 Å². The number of rotatable bonds is 8. The molecule has 0 aromatic heterocycles. The summed E-state index contributed by atoms with van der Waals surface area (Å²) < 4.78 is 32.1.